The first-order valence-electron chi connectivity index (χ1n) is 5.87. The number of nitrogens with two attached hydrogens (primary N) is 1. The average Bonchev–Trinajstić information content (AvgIpc) is 2.29. The summed E-state index contributed by atoms with van der Waals surface area (Å²) in [6, 6.07) is 3.85. The molecule has 1 aromatic rings. The van der Waals surface area contributed by atoms with Crippen molar-refractivity contribution in [1.29, 1.82) is 5.41 Å². The topological polar surface area (TPSA) is 66.0 Å². The molecule has 0 aliphatic rings. The smallest absolute Gasteiger partial charge is 0.141 e. The Bertz CT molecular complexity index is 398. The highest BCUT2D eigenvalue weighted by molar-refractivity contribution is 5.93. The summed E-state index contributed by atoms with van der Waals surface area (Å²) < 4.78 is 0. The molecule has 17 heavy (non-hydrogen) atoms. The van der Waals surface area contributed by atoms with Crippen LogP contribution in [-0.4, -0.2) is 28.3 Å². The quantitative estimate of drug-likeness (QED) is 0.605. The fourth-order valence-electron chi connectivity index (χ4n) is 1.48. The van der Waals surface area contributed by atoms with E-state index in [-0.39, 0.29) is 11.4 Å². The molecule has 0 aromatic carbocycles. The first-order valence-corrected chi connectivity index (χ1v) is 5.87. The van der Waals surface area contributed by atoms with Crippen molar-refractivity contribution in [3.8, 4) is 0 Å². The second kappa shape index (κ2) is 5.27. The van der Waals surface area contributed by atoms with Crippen LogP contribution in [-0.2, 0) is 6.54 Å². The van der Waals surface area contributed by atoms with Crippen LogP contribution < -0.4 is 5.73 Å². The molecule has 94 valence electrons. The summed E-state index contributed by atoms with van der Waals surface area (Å²) in [6.07, 6.45) is 2.80. The third-order valence-corrected chi connectivity index (χ3v) is 3.42. The largest absolute Gasteiger partial charge is 0.382 e. The molecule has 1 aromatic heterocycles. The minimum atomic E-state index is 0.0178. The van der Waals surface area contributed by atoms with Crippen molar-refractivity contribution in [2.45, 2.75) is 39.3 Å². The van der Waals surface area contributed by atoms with Crippen LogP contribution in [0.4, 0.5) is 0 Å². The summed E-state index contributed by atoms with van der Waals surface area (Å²) in [4.78, 5) is 6.36. The van der Waals surface area contributed by atoms with E-state index in [1.54, 1.807) is 6.20 Å². The Kier molecular flexibility index (Phi) is 4.23. The summed E-state index contributed by atoms with van der Waals surface area (Å²) in [5, 5.41) is 7.38. The van der Waals surface area contributed by atoms with E-state index in [4.69, 9.17) is 11.1 Å². The number of nitrogens with one attached hydrogen (secondary N) is 1. The molecule has 1 rings (SSSR count). The van der Waals surface area contributed by atoms with Crippen molar-refractivity contribution in [3.05, 3.63) is 29.6 Å². The molecular formula is C13H22N4. The Labute approximate surface area is 103 Å². The van der Waals surface area contributed by atoms with Gasteiger partial charge in [-0.15, -0.1) is 0 Å². The van der Waals surface area contributed by atoms with Gasteiger partial charge in [0.15, 0.2) is 0 Å². The third-order valence-electron chi connectivity index (χ3n) is 3.42. The van der Waals surface area contributed by atoms with E-state index in [0.717, 1.165) is 18.5 Å². The number of nitrogens with zero attached hydrogens (tertiary/aromatic N) is 2. The standard InChI is InChI=1S/C13H22N4/c1-5-13(2,3)17(4)9-10-6-7-16-11(8-10)12(14)15/h6-8H,5,9H2,1-4H3,(H3,14,15). The third kappa shape index (κ3) is 3.53. The van der Waals surface area contributed by atoms with Gasteiger partial charge in [-0.3, -0.25) is 15.3 Å². The van der Waals surface area contributed by atoms with Crippen LogP contribution in [0.5, 0.6) is 0 Å². The summed E-state index contributed by atoms with van der Waals surface area (Å²) in [7, 11) is 2.11. The van der Waals surface area contributed by atoms with Crippen LogP contribution in [0.25, 0.3) is 0 Å². The maximum absolute atomic E-state index is 7.38. The van der Waals surface area contributed by atoms with Crippen LogP contribution >= 0.6 is 0 Å². The predicted molar refractivity (Wildman–Crippen MR) is 71.1 cm³/mol. The van der Waals surface area contributed by atoms with Crippen LogP contribution in [0.2, 0.25) is 0 Å². The van der Waals surface area contributed by atoms with Crippen molar-refractivity contribution in [1.82, 2.24) is 9.88 Å². The summed E-state index contributed by atoms with van der Waals surface area (Å²) in [6.45, 7) is 7.47. The van der Waals surface area contributed by atoms with Crippen molar-refractivity contribution >= 4 is 5.84 Å². The fourth-order valence-corrected chi connectivity index (χ4v) is 1.48. The number of aromatic nitrogens is 1. The number of hydrogen-bond acceptors (Lipinski definition) is 3. The van der Waals surface area contributed by atoms with E-state index in [1.165, 1.54) is 0 Å². The fraction of sp³-hybridized carbons (Fsp3) is 0.538. The summed E-state index contributed by atoms with van der Waals surface area (Å²) in [5.41, 5.74) is 7.28. The number of nitrogen functional groups attached to an aromatic ring is 1. The van der Waals surface area contributed by atoms with Gasteiger partial charge in [-0.25, -0.2) is 0 Å². The molecule has 0 aliphatic heterocycles. The molecule has 0 atom stereocenters. The lowest BCUT2D eigenvalue weighted by Crippen LogP contribution is -2.39. The number of amidine groups is 1. The Morgan fingerprint density at radius 3 is 2.71 bits per heavy atom. The predicted octanol–water partition coefficient (Wildman–Crippen LogP) is 1.99. The summed E-state index contributed by atoms with van der Waals surface area (Å²) in [5.74, 6) is 0.0178. The zero-order valence-corrected chi connectivity index (χ0v) is 11.1. The zero-order chi connectivity index (χ0) is 13.1. The molecule has 0 amide bonds. The maximum Gasteiger partial charge on any atom is 0.141 e. The van der Waals surface area contributed by atoms with Crippen molar-refractivity contribution in [2.24, 2.45) is 5.73 Å². The van der Waals surface area contributed by atoms with Crippen molar-refractivity contribution < 1.29 is 0 Å². The van der Waals surface area contributed by atoms with Gasteiger partial charge in [-0.2, -0.15) is 0 Å². The van der Waals surface area contributed by atoms with Crippen molar-refractivity contribution in [2.75, 3.05) is 7.05 Å². The number of rotatable bonds is 5. The molecule has 0 fully saturated rings. The van der Waals surface area contributed by atoms with E-state index in [0.29, 0.717) is 5.69 Å². The molecule has 4 heteroatoms. The molecule has 0 unspecified atom stereocenters. The highest BCUT2D eigenvalue weighted by Gasteiger charge is 2.20. The van der Waals surface area contributed by atoms with E-state index in [2.05, 4.69) is 37.7 Å². The van der Waals surface area contributed by atoms with Gasteiger partial charge in [0.1, 0.15) is 11.5 Å². The minimum absolute atomic E-state index is 0.0178. The van der Waals surface area contributed by atoms with Crippen LogP contribution in [0.15, 0.2) is 18.3 Å². The molecule has 0 bridgehead atoms. The molecule has 0 saturated heterocycles. The molecule has 4 nitrogen and oxygen atoms in total. The Hall–Kier alpha value is -1.42. The van der Waals surface area contributed by atoms with Crippen LogP contribution in [0.3, 0.4) is 0 Å². The van der Waals surface area contributed by atoms with Gasteiger partial charge in [0.25, 0.3) is 0 Å². The minimum Gasteiger partial charge on any atom is -0.382 e. The van der Waals surface area contributed by atoms with Gasteiger partial charge >= 0.3 is 0 Å². The number of hydrogen-bond donors (Lipinski definition) is 2. The molecule has 0 saturated carbocycles. The van der Waals surface area contributed by atoms with E-state index < -0.39 is 0 Å². The Morgan fingerprint density at radius 1 is 1.53 bits per heavy atom. The van der Waals surface area contributed by atoms with Gasteiger partial charge in [0.05, 0.1) is 0 Å². The first-order chi connectivity index (χ1) is 7.86. The SMILES string of the molecule is CCC(C)(C)N(C)Cc1ccnc(C(=N)N)c1. The Balaban J connectivity index is 2.82. The summed E-state index contributed by atoms with van der Waals surface area (Å²) >= 11 is 0. The van der Waals surface area contributed by atoms with E-state index in [1.807, 2.05) is 12.1 Å². The zero-order valence-electron chi connectivity index (χ0n) is 11.1. The molecule has 3 N–H and O–H groups in total. The van der Waals surface area contributed by atoms with Gasteiger partial charge < -0.3 is 5.73 Å². The van der Waals surface area contributed by atoms with Crippen molar-refractivity contribution in [3.63, 3.8) is 0 Å². The molecular weight excluding hydrogens is 212 g/mol. The molecule has 0 spiro atoms. The van der Waals surface area contributed by atoms with Crippen LogP contribution in [0, 0.1) is 5.41 Å². The second-order valence-electron chi connectivity index (χ2n) is 4.99. The van der Waals surface area contributed by atoms with E-state index in [9.17, 15) is 0 Å². The van der Waals surface area contributed by atoms with Gasteiger partial charge in [-0.05, 0) is 45.0 Å². The van der Waals surface area contributed by atoms with Gasteiger partial charge in [-0.1, -0.05) is 6.92 Å². The van der Waals surface area contributed by atoms with E-state index >= 15 is 0 Å². The average molecular weight is 234 g/mol. The Morgan fingerprint density at radius 2 is 2.18 bits per heavy atom. The molecule has 1 heterocycles. The number of pyridine rings is 1. The van der Waals surface area contributed by atoms with Crippen LogP contribution in [0.1, 0.15) is 38.4 Å². The van der Waals surface area contributed by atoms with Gasteiger partial charge in [0, 0.05) is 18.3 Å². The lowest BCUT2D eigenvalue weighted by atomic mass is 9.99. The van der Waals surface area contributed by atoms with Gasteiger partial charge in [0.2, 0.25) is 0 Å². The first kappa shape index (κ1) is 13.6. The monoisotopic (exact) mass is 234 g/mol. The highest BCUT2D eigenvalue weighted by atomic mass is 15.2. The molecule has 0 radical (unpaired) electrons. The highest BCUT2D eigenvalue weighted by Crippen LogP contribution is 2.19. The lowest BCUT2D eigenvalue weighted by Gasteiger charge is -2.34. The second-order valence-corrected chi connectivity index (χ2v) is 4.99. The maximum atomic E-state index is 7.38. The normalized spacial score (nSPS) is 11.8. The molecule has 0 aliphatic carbocycles. The lowest BCUT2D eigenvalue weighted by molar-refractivity contribution is 0.143.